The van der Waals surface area contributed by atoms with Crippen LogP contribution in [0.3, 0.4) is 0 Å². The summed E-state index contributed by atoms with van der Waals surface area (Å²) in [5, 5.41) is 27.2. The van der Waals surface area contributed by atoms with Crippen LogP contribution in [0.2, 0.25) is 0 Å². The lowest BCUT2D eigenvalue weighted by Gasteiger charge is -2.12. The third kappa shape index (κ3) is 2.71. The molecule has 7 nitrogen and oxygen atoms in total. The first-order valence-electron chi connectivity index (χ1n) is 5.71. The molecule has 7 heteroatoms. The van der Waals surface area contributed by atoms with Crippen molar-refractivity contribution in [2.75, 3.05) is 6.61 Å². The Bertz CT molecular complexity index is 608. The maximum Gasteiger partial charge on any atom is 0.326 e. The molecule has 0 aliphatic heterocycles. The summed E-state index contributed by atoms with van der Waals surface area (Å²) in [5.74, 6) is -1.78. The van der Waals surface area contributed by atoms with Gasteiger partial charge in [-0.15, -0.1) is 0 Å². The number of aromatic amines is 1. The van der Waals surface area contributed by atoms with E-state index in [0.29, 0.717) is 10.9 Å². The van der Waals surface area contributed by atoms with E-state index in [4.69, 9.17) is 10.2 Å². The number of rotatable bonds is 5. The van der Waals surface area contributed by atoms with Crippen LogP contribution in [0, 0.1) is 0 Å². The highest BCUT2D eigenvalue weighted by Gasteiger charge is 2.22. The Morgan fingerprint density at radius 2 is 2.11 bits per heavy atom. The fraction of sp³-hybridized carbons (Fsp3) is 0.250. The molecule has 0 unspecified atom stereocenters. The third-order valence-corrected chi connectivity index (χ3v) is 2.71. The number of amides is 1. The van der Waals surface area contributed by atoms with E-state index in [1.165, 1.54) is 0 Å². The number of para-hydroxylation sites is 1. The van der Waals surface area contributed by atoms with Crippen molar-refractivity contribution in [1.29, 1.82) is 0 Å². The molecule has 0 radical (unpaired) electrons. The summed E-state index contributed by atoms with van der Waals surface area (Å²) in [7, 11) is 0. The van der Waals surface area contributed by atoms with Crippen LogP contribution in [0.25, 0.3) is 10.9 Å². The lowest BCUT2D eigenvalue weighted by Crippen LogP contribution is -2.41. The number of aliphatic hydroxyl groups is 1. The van der Waals surface area contributed by atoms with Gasteiger partial charge in [-0.25, -0.2) is 4.79 Å². The lowest BCUT2D eigenvalue weighted by molar-refractivity contribution is -0.139. The van der Waals surface area contributed by atoms with Crippen molar-refractivity contribution in [3.05, 3.63) is 30.0 Å². The first kappa shape index (κ1) is 13.0. The molecule has 1 aromatic heterocycles. The normalized spacial score (nSPS) is 12.3. The standard InChI is InChI=1S/C12H13N3O4/c16-6-5-9(12(18)19)13-11(17)10-7-3-1-2-4-8(7)14-15-10/h1-4,9,16H,5-6H2,(H,13,17)(H,14,15)(H,18,19)/t9-/m1/s1. The molecule has 0 saturated heterocycles. The molecule has 1 atom stereocenters. The largest absolute Gasteiger partial charge is 0.480 e. The van der Waals surface area contributed by atoms with Crippen LogP contribution in [0.5, 0.6) is 0 Å². The van der Waals surface area contributed by atoms with E-state index in [1.54, 1.807) is 24.3 Å². The summed E-state index contributed by atoms with van der Waals surface area (Å²) in [6.07, 6.45) is -0.0522. The summed E-state index contributed by atoms with van der Waals surface area (Å²) in [5.41, 5.74) is 0.835. The van der Waals surface area contributed by atoms with Crippen LogP contribution in [-0.4, -0.2) is 44.9 Å². The molecule has 0 aliphatic carbocycles. The number of fused-ring (bicyclic) bond motifs is 1. The zero-order chi connectivity index (χ0) is 13.8. The van der Waals surface area contributed by atoms with Crippen LogP contribution in [0.1, 0.15) is 16.9 Å². The average Bonchev–Trinajstić information content (AvgIpc) is 2.81. The topological polar surface area (TPSA) is 115 Å². The van der Waals surface area contributed by atoms with Crippen LogP contribution in [0.4, 0.5) is 0 Å². The van der Waals surface area contributed by atoms with E-state index in [9.17, 15) is 9.59 Å². The predicted octanol–water partition coefficient (Wildman–Crippen LogP) is 0.128. The van der Waals surface area contributed by atoms with Gasteiger partial charge in [0.05, 0.1) is 5.52 Å². The molecule has 4 N–H and O–H groups in total. The second kappa shape index (κ2) is 5.49. The number of H-pyrrole nitrogens is 1. The SMILES string of the molecule is O=C(N[C@H](CCO)C(=O)O)c1n[nH]c2ccccc12. The molecular formula is C12H13N3O4. The molecule has 0 saturated carbocycles. The maximum absolute atomic E-state index is 12.0. The number of carbonyl (C=O) groups is 2. The number of aliphatic carboxylic acids is 1. The van der Waals surface area contributed by atoms with E-state index < -0.39 is 17.9 Å². The van der Waals surface area contributed by atoms with Crippen molar-refractivity contribution in [2.45, 2.75) is 12.5 Å². The van der Waals surface area contributed by atoms with E-state index in [0.717, 1.165) is 0 Å². The number of carboxylic acids is 1. The Morgan fingerprint density at radius 3 is 2.79 bits per heavy atom. The van der Waals surface area contributed by atoms with E-state index in [1.807, 2.05) is 0 Å². The van der Waals surface area contributed by atoms with Gasteiger partial charge in [0.2, 0.25) is 0 Å². The number of hydrogen-bond acceptors (Lipinski definition) is 4. The number of nitrogens with zero attached hydrogens (tertiary/aromatic N) is 1. The summed E-state index contributed by atoms with van der Waals surface area (Å²) in [6.45, 7) is -0.321. The first-order chi connectivity index (χ1) is 9.13. The van der Waals surface area contributed by atoms with Crippen LogP contribution >= 0.6 is 0 Å². The van der Waals surface area contributed by atoms with Gasteiger partial charge in [0.15, 0.2) is 5.69 Å². The quantitative estimate of drug-likeness (QED) is 0.612. The zero-order valence-electron chi connectivity index (χ0n) is 9.96. The minimum absolute atomic E-state index is 0.0522. The monoisotopic (exact) mass is 263 g/mol. The lowest BCUT2D eigenvalue weighted by atomic mass is 10.1. The molecule has 2 aromatic rings. The van der Waals surface area contributed by atoms with Gasteiger partial charge in [-0.1, -0.05) is 18.2 Å². The molecule has 19 heavy (non-hydrogen) atoms. The van der Waals surface area contributed by atoms with Crippen molar-refractivity contribution in [1.82, 2.24) is 15.5 Å². The zero-order valence-corrected chi connectivity index (χ0v) is 9.96. The summed E-state index contributed by atoms with van der Waals surface area (Å²) >= 11 is 0. The minimum Gasteiger partial charge on any atom is -0.480 e. The number of carboxylic acid groups (broad SMARTS) is 1. The fourth-order valence-corrected chi connectivity index (χ4v) is 1.75. The molecular weight excluding hydrogens is 250 g/mol. The highest BCUT2D eigenvalue weighted by Crippen LogP contribution is 2.15. The van der Waals surface area contributed by atoms with Gasteiger partial charge in [0, 0.05) is 18.4 Å². The highest BCUT2D eigenvalue weighted by atomic mass is 16.4. The van der Waals surface area contributed by atoms with Crippen molar-refractivity contribution in [3.63, 3.8) is 0 Å². The fourth-order valence-electron chi connectivity index (χ4n) is 1.75. The van der Waals surface area contributed by atoms with Crippen molar-refractivity contribution in [2.24, 2.45) is 0 Å². The average molecular weight is 263 g/mol. The number of carbonyl (C=O) groups excluding carboxylic acids is 1. The Hall–Kier alpha value is -2.41. The highest BCUT2D eigenvalue weighted by molar-refractivity contribution is 6.05. The van der Waals surface area contributed by atoms with Gasteiger partial charge >= 0.3 is 5.97 Å². The Morgan fingerprint density at radius 1 is 1.37 bits per heavy atom. The third-order valence-electron chi connectivity index (χ3n) is 2.71. The van der Waals surface area contributed by atoms with Crippen molar-refractivity contribution >= 4 is 22.8 Å². The molecule has 1 amide bonds. The molecule has 1 heterocycles. The van der Waals surface area contributed by atoms with Crippen LogP contribution in [-0.2, 0) is 4.79 Å². The van der Waals surface area contributed by atoms with Gasteiger partial charge in [-0.2, -0.15) is 5.10 Å². The molecule has 1 aromatic carbocycles. The summed E-state index contributed by atoms with van der Waals surface area (Å²) in [6, 6.07) is 5.91. The van der Waals surface area contributed by atoms with Gasteiger partial charge in [-0.05, 0) is 6.07 Å². The number of aromatic nitrogens is 2. The summed E-state index contributed by atoms with van der Waals surface area (Å²) < 4.78 is 0. The van der Waals surface area contributed by atoms with E-state index in [2.05, 4.69) is 15.5 Å². The van der Waals surface area contributed by atoms with Crippen LogP contribution in [0.15, 0.2) is 24.3 Å². The Balaban J connectivity index is 2.22. The van der Waals surface area contributed by atoms with E-state index >= 15 is 0 Å². The second-order valence-electron chi connectivity index (χ2n) is 3.99. The van der Waals surface area contributed by atoms with Gasteiger partial charge in [0.25, 0.3) is 5.91 Å². The number of nitrogens with one attached hydrogen (secondary N) is 2. The van der Waals surface area contributed by atoms with Crippen molar-refractivity contribution < 1.29 is 19.8 Å². The minimum atomic E-state index is -1.19. The van der Waals surface area contributed by atoms with E-state index in [-0.39, 0.29) is 18.7 Å². The smallest absolute Gasteiger partial charge is 0.326 e. The number of hydrogen-bond donors (Lipinski definition) is 4. The first-order valence-corrected chi connectivity index (χ1v) is 5.71. The second-order valence-corrected chi connectivity index (χ2v) is 3.99. The number of benzene rings is 1. The van der Waals surface area contributed by atoms with Crippen LogP contribution < -0.4 is 5.32 Å². The number of aliphatic hydroxyl groups excluding tert-OH is 1. The van der Waals surface area contributed by atoms with Gasteiger partial charge in [-0.3, -0.25) is 9.89 Å². The molecule has 100 valence electrons. The predicted molar refractivity (Wildman–Crippen MR) is 66.7 cm³/mol. The Kier molecular flexibility index (Phi) is 3.76. The van der Waals surface area contributed by atoms with Crippen molar-refractivity contribution in [3.8, 4) is 0 Å². The Labute approximate surface area is 108 Å². The molecule has 0 aliphatic rings. The maximum atomic E-state index is 12.0. The van der Waals surface area contributed by atoms with Gasteiger partial charge in [0.1, 0.15) is 6.04 Å². The van der Waals surface area contributed by atoms with Gasteiger partial charge < -0.3 is 15.5 Å². The summed E-state index contributed by atoms with van der Waals surface area (Å²) in [4.78, 5) is 22.9. The molecule has 0 spiro atoms. The molecule has 0 bridgehead atoms. The molecule has 2 rings (SSSR count). The molecule has 0 fully saturated rings.